The fraction of sp³-hybridized carbons (Fsp3) is 0.263. The normalized spacial score (nSPS) is 11.5. The maximum absolute atomic E-state index is 11.8. The number of hydrogen-bond acceptors (Lipinski definition) is 3. The number of hydrogen-bond donors (Lipinski definition) is 3. The third-order valence-corrected chi connectivity index (χ3v) is 3.58. The van der Waals surface area contributed by atoms with E-state index in [0.29, 0.717) is 13.0 Å². The molecule has 0 bridgehead atoms. The number of aliphatic hydroxyl groups is 1. The average Bonchev–Trinajstić information content (AvgIpc) is 2.61. The van der Waals surface area contributed by atoms with Crippen molar-refractivity contribution in [3.63, 3.8) is 0 Å². The molecular weight excluding hydrogens is 304 g/mol. The van der Waals surface area contributed by atoms with Gasteiger partial charge in [-0.05, 0) is 17.5 Å². The predicted octanol–water partition coefficient (Wildman–Crippen LogP) is 1.59. The lowest BCUT2D eigenvalue weighted by Gasteiger charge is -2.12. The Morgan fingerprint density at radius 2 is 1.50 bits per heavy atom. The Balaban J connectivity index is 1.62. The van der Waals surface area contributed by atoms with Crippen LogP contribution in [0.4, 0.5) is 0 Å². The molecule has 1 unspecified atom stereocenters. The quantitative estimate of drug-likeness (QED) is 0.689. The Morgan fingerprint density at radius 1 is 0.875 bits per heavy atom. The molecule has 1 atom stereocenters. The molecule has 24 heavy (non-hydrogen) atoms. The third kappa shape index (κ3) is 6.22. The molecule has 0 spiro atoms. The molecule has 2 aromatic rings. The molecule has 2 rings (SSSR count). The summed E-state index contributed by atoms with van der Waals surface area (Å²) in [6.45, 7) is 0.288. The second-order valence-electron chi connectivity index (χ2n) is 5.50. The molecule has 2 aromatic carbocycles. The van der Waals surface area contributed by atoms with Crippen molar-refractivity contribution in [3.8, 4) is 0 Å². The summed E-state index contributed by atoms with van der Waals surface area (Å²) in [5.41, 5.74) is 1.73. The second-order valence-corrected chi connectivity index (χ2v) is 5.50. The first-order chi connectivity index (χ1) is 11.6. The Morgan fingerprint density at radius 3 is 2.17 bits per heavy atom. The number of carbonyl (C=O) groups excluding carboxylic acids is 2. The summed E-state index contributed by atoms with van der Waals surface area (Å²) in [6.07, 6.45) is 0.0633. The van der Waals surface area contributed by atoms with Crippen LogP contribution in [0.3, 0.4) is 0 Å². The largest absolute Gasteiger partial charge is 0.388 e. The zero-order chi connectivity index (χ0) is 17.2. The van der Waals surface area contributed by atoms with E-state index in [1.54, 1.807) is 0 Å². The number of carbonyl (C=O) groups is 2. The molecule has 5 nitrogen and oxygen atoms in total. The summed E-state index contributed by atoms with van der Waals surface area (Å²) < 4.78 is 0. The van der Waals surface area contributed by atoms with E-state index in [9.17, 15) is 14.7 Å². The van der Waals surface area contributed by atoms with Crippen LogP contribution in [-0.2, 0) is 16.0 Å². The van der Waals surface area contributed by atoms with Gasteiger partial charge in [-0.15, -0.1) is 0 Å². The van der Waals surface area contributed by atoms with Crippen LogP contribution in [0.2, 0.25) is 0 Å². The smallest absolute Gasteiger partial charge is 0.239 e. The maximum Gasteiger partial charge on any atom is 0.239 e. The van der Waals surface area contributed by atoms with Crippen LogP contribution >= 0.6 is 0 Å². The van der Waals surface area contributed by atoms with Crippen molar-refractivity contribution in [2.75, 3.05) is 13.1 Å². The van der Waals surface area contributed by atoms with E-state index in [1.165, 1.54) is 0 Å². The summed E-state index contributed by atoms with van der Waals surface area (Å²) >= 11 is 0. The van der Waals surface area contributed by atoms with Gasteiger partial charge in [0, 0.05) is 6.54 Å². The Labute approximate surface area is 141 Å². The van der Waals surface area contributed by atoms with Gasteiger partial charge in [0.25, 0.3) is 0 Å². The van der Waals surface area contributed by atoms with Gasteiger partial charge in [-0.25, -0.2) is 0 Å². The number of nitrogens with one attached hydrogen (secondary N) is 2. The topological polar surface area (TPSA) is 78.4 Å². The van der Waals surface area contributed by atoms with Gasteiger partial charge in [0.1, 0.15) is 0 Å². The highest BCUT2D eigenvalue weighted by atomic mass is 16.3. The zero-order valence-corrected chi connectivity index (χ0v) is 13.4. The van der Waals surface area contributed by atoms with Crippen molar-refractivity contribution >= 4 is 11.8 Å². The van der Waals surface area contributed by atoms with Crippen molar-refractivity contribution in [1.82, 2.24) is 10.6 Å². The van der Waals surface area contributed by atoms with Crippen LogP contribution in [0, 0.1) is 0 Å². The van der Waals surface area contributed by atoms with Crippen LogP contribution < -0.4 is 10.6 Å². The first-order valence-electron chi connectivity index (χ1n) is 7.95. The Hall–Kier alpha value is -2.66. The number of amides is 2. The monoisotopic (exact) mass is 326 g/mol. The molecule has 0 aliphatic carbocycles. The molecule has 126 valence electrons. The molecule has 0 aliphatic rings. The van der Waals surface area contributed by atoms with E-state index in [1.807, 2.05) is 60.7 Å². The molecule has 0 radical (unpaired) electrons. The van der Waals surface area contributed by atoms with Crippen molar-refractivity contribution in [2.45, 2.75) is 18.9 Å². The Kier molecular flexibility index (Phi) is 6.98. The van der Waals surface area contributed by atoms with Crippen LogP contribution in [0.25, 0.3) is 0 Å². The van der Waals surface area contributed by atoms with Crippen LogP contribution in [-0.4, -0.2) is 30.0 Å². The highest BCUT2D eigenvalue weighted by Gasteiger charge is 2.09. The van der Waals surface area contributed by atoms with E-state index in [4.69, 9.17) is 0 Å². The van der Waals surface area contributed by atoms with Gasteiger partial charge in [-0.1, -0.05) is 60.7 Å². The van der Waals surface area contributed by atoms with E-state index < -0.39 is 6.10 Å². The van der Waals surface area contributed by atoms with Crippen molar-refractivity contribution in [1.29, 1.82) is 0 Å². The number of aliphatic hydroxyl groups excluding tert-OH is 1. The van der Waals surface area contributed by atoms with Gasteiger partial charge < -0.3 is 15.7 Å². The Bertz CT molecular complexity index is 644. The van der Waals surface area contributed by atoms with Crippen LogP contribution in [0.1, 0.15) is 23.7 Å². The predicted molar refractivity (Wildman–Crippen MR) is 92.2 cm³/mol. The van der Waals surface area contributed by atoms with Crippen molar-refractivity contribution < 1.29 is 14.7 Å². The molecule has 2 amide bonds. The molecule has 0 aliphatic heterocycles. The highest BCUT2D eigenvalue weighted by Crippen LogP contribution is 2.14. The molecule has 3 N–H and O–H groups in total. The van der Waals surface area contributed by atoms with Gasteiger partial charge in [0.05, 0.1) is 19.1 Å². The lowest BCUT2D eigenvalue weighted by molar-refractivity contribution is -0.125. The maximum atomic E-state index is 11.8. The van der Waals surface area contributed by atoms with Gasteiger partial charge in [-0.3, -0.25) is 9.59 Å². The minimum Gasteiger partial charge on any atom is -0.388 e. The molecule has 5 heteroatoms. The number of rotatable bonds is 8. The minimum absolute atomic E-state index is 0.0624. The lowest BCUT2D eigenvalue weighted by Crippen LogP contribution is -2.38. The molecule has 0 heterocycles. The standard InChI is InChI=1S/C19H22N2O3/c22-17(16-9-5-2-6-10-16)11-12-20-19(24)14-21-18(23)13-15-7-3-1-4-8-15/h1-10,17,22H,11-14H2,(H,20,24)(H,21,23). The van der Waals surface area contributed by atoms with Gasteiger partial charge in [0.15, 0.2) is 0 Å². The number of benzene rings is 2. The molecule has 0 aromatic heterocycles. The third-order valence-electron chi connectivity index (χ3n) is 3.58. The first kappa shape index (κ1) is 17.7. The second kappa shape index (κ2) is 9.47. The van der Waals surface area contributed by atoms with Crippen LogP contribution in [0.15, 0.2) is 60.7 Å². The average molecular weight is 326 g/mol. The fourth-order valence-corrected chi connectivity index (χ4v) is 2.28. The highest BCUT2D eigenvalue weighted by molar-refractivity contribution is 5.85. The summed E-state index contributed by atoms with van der Waals surface area (Å²) in [4.78, 5) is 23.5. The molecule has 0 saturated carbocycles. The van der Waals surface area contributed by atoms with Gasteiger partial charge >= 0.3 is 0 Å². The molecule has 0 fully saturated rings. The minimum atomic E-state index is -0.612. The lowest BCUT2D eigenvalue weighted by atomic mass is 10.1. The summed E-state index contributed by atoms with van der Waals surface area (Å²) in [5, 5.41) is 15.3. The van der Waals surface area contributed by atoms with Crippen LogP contribution in [0.5, 0.6) is 0 Å². The molecular formula is C19H22N2O3. The van der Waals surface area contributed by atoms with E-state index in [0.717, 1.165) is 11.1 Å². The summed E-state index contributed by atoms with van der Waals surface area (Å²) in [7, 11) is 0. The summed E-state index contributed by atoms with van der Waals surface area (Å²) in [5.74, 6) is -0.461. The molecule has 0 saturated heterocycles. The summed E-state index contributed by atoms with van der Waals surface area (Å²) in [6, 6.07) is 18.6. The van der Waals surface area contributed by atoms with Crippen molar-refractivity contribution in [3.05, 3.63) is 71.8 Å². The first-order valence-corrected chi connectivity index (χ1v) is 7.95. The van der Waals surface area contributed by atoms with E-state index >= 15 is 0 Å². The van der Waals surface area contributed by atoms with Crippen molar-refractivity contribution in [2.24, 2.45) is 0 Å². The van der Waals surface area contributed by atoms with Gasteiger partial charge in [-0.2, -0.15) is 0 Å². The SMILES string of the molecule is O=C(CNC(=O)Cc1ccccc1)NCCC(O)c1ccccc1. The van der Waals surface area contributed by atoms with E-state index in [2.05, 4.69) is 10.6 Å². The van der Waals surface area contributed by atoms with E-state index in [-0.39, 0.29) is 24.8 Å². The van der Waals surface area contributed by atoms with Gasteiger partial charge in [0.2, 0.25) is 11.8 Å². The fourth-order valence-electron chi connectivity index (χ4n) is 2.28. The zero-order valence-electron chi connectivity index (χ0n) is 13.4.